The lowest BCUT2D eigenvalue weighted by Crippen LogP contribution is -2.16. The van der Waals surface area contributed by atoms with Crippen molar-refractivity contribution in [3.63, 3.8) is 0 Å². The Kier molecular flexibility index (Phi) is 10.8. The van der Waals surface area contributed by atoms with Crippen molar-refractivity contribution >= 4 is 74.1 Å². The number of nitrogens with zero attached hydrogens (tertiary/aromatic N) is 3. The molecule has 0 saturated heterocycles. The molecule has 2 aliphatic rings. The van der Waals surface area contributed by atoms with Gasteiger partial charge in [-0.1, -0.05) is 84.9 Å². The summed E-state index contributed by atoms with van der Waals surface area (Å²) in [6.07, 6.45) is 8.28. The number of fused-ring (bicyclic) bond motifs is 11. The highest BCUT2D eigenvalue weighted by Gasteiger charge is 2.20. The number of carbonyl (C=O) groups is 1. The van der Waals surface area contributed by atoms with Crippen LogP contribution in [-0.2, 0) is 11.3 Å². The Morgan fingerprint density at radius 2 is 0.718 bits per heavy atom. The molecule has 6 aromatic carbocycles. The summed E-state index contributed by atoms with van der Waals surface area (Å²) in [5.74, 6) is 2.34. The SMILES string of the molecule is COc1ccc(-c2c3nc(c(-c4ccc(OC)cc4)c4ccc([nH]4)c(-c4ccc(OC(=O)Cn5c6ccccc6c6ccccc65)cc4)c4nc(c(-c5ccc(OC)cc5)c5ccc2[nH]5)C=C4)C=C3)cc1. The summed E-state index contributed by atoms with van der Waals surface area (Å²) in [7, 11) is 5.01. The minimum atomic E-state index is -0.369. The molecule has 10 aromatic rings. The van der Waals surface area contributed by atoms with E-state index in [1.54, 1.807) is 21.3 Å². The molecule has 0 amide bonds. The zero-order valence-electron chi connectivity index (χ0n) is 39.1. The Hall–Kier alpha value is -9.41. The summed E-state index contributed by atoms with van der Waals surface area (Å²) in [4.78, 5) is 32.2. The van der Waals surface area contributed by atoms with E-state index in [1.807, 2.05) is 102 Å². The van der Waals surface area contributed by atoms with Gasteiger partial charge in [0.1, 0.15) is 29.5 Å². The molecule has 4 aromatic heterocycles. The molecule has 0 fully saturated rings. The van der Waals surface area contributed by atoms with E-state index in [4.69, 9.17) is 28.9 Å². The van der Waals surface area contributed by atoms with E-state index < -0.39 is 0 Å². The molecule has 0 aliphatic carbocycles. The summed E-state index contributed by atoms with van der Waals surface area (Å²) in [5, 5.41) is 2.19. The van der Waals surface area contributed by atoms with Gasteiger partial charge in [0.15, 0.2) is 0 Å². The molecule has 0 radical (unpaired) electrons. The Morgan fingerprint density at radius 1 is 0.408 bits per heavy atom. The van der Waals surface area contributed by atoms with Crippen LogP contribution in [-0.4, -0.2) is 51.8 Å². The van der Waals surface area contributed by atoms with E-state index in [2.05, 4.69) is 107 Å². The Labute approximate surface area is 408 Å². The van der Waals surface area contributed by atoms with Crippen LogP contribution in [0, 0.1) is 0 Å². The number of aromatic nitrogens is 5. The number of nitrogens with one attached hydrogen (secondary N) is 2. The van der Waals surface area contributed by atoms with Gasteiger partial charge in [-0.2, -0.15) is 0 Å². The highest BCUT2D eigenvalue weighted by Crippen LogP contribution is 2.40. The standard InChI is InChI=1S/C61H45N5O5/c1-68-41-20-12-37(13-21-41)58-47-28-30-49(62-47)59(38-14-22-42(69-2)23-15-38)51-32-34-53(64-51)61(54-35-33-52(65-54)60(50-31-29-48(58)63-50)39-16-24-43(70-3)25-17-39)40-18-26-44(27-19-40)71-57(67)36-66-55-10-6-4-8-45(55)46-9-5-7-11-56(46)66/h4-35,62,65H,36H2,1-3H3. The van der Waals surface area contributed by atoms with Gasteiger partial charge in [0.05, 0.1) is 44.1 Å². The van der Waals surface area contributed by atoms with Crippen molar-refractivity contribution in [3.05, 3.63) is 193 Å². The molecular weight excluding hydrogens is 883 g/mol. The molecule has 12 rings (SSSR count). The van der Waals surface area contributed by atoms with Gasteiger partial charge >= 0.3 is 5.97 Å². The van der Waals surface area contributed by atoms with Crippen molar-refractivity contribution in [3.8, 4) is 67.5 Å². The number of hydrogen-bond donors (Lipinski definition) is 2. The number of aromatic amines is 2. The molecule has 10 nitrogen and oxygen atoms in total. The lowest BCUT2D eigenvalue weighted by atomic mass is 10.0. The minimum Gasteiger partial charge on any atom is -0.497 e. The molecule has 0 spiro atoms. The van der Waals surface area contributed by atoms with Crippen LogP contribution in [0.3, 0.4) is 0 Å². The summed E-state index contributed by atoms with van der Waals surface area (Å²) >= 11 is 0. The highest BCUT2D eigenvalue weighted by molar-refractivity contribution is 6.08. The van der Waals surface area contributed by atoms with Gasteiger partial charge in [-0.3, -0.25) is 0 Å². The maximum absolute atomic E-state index is 13.7. The smallest absolute Gasteiger partial charge is 0.331 e. The minimum absolute atomic E-state index is 0.0571. The average Bonchev–Trinajstić information content (AvgIpc) is 4.30. The van der Waals surface area contributed by atoms with Gasteiger partial charge in [-0.15, -0.1) is 0 Å². The van der Waals surface area contributed by atoms with Gasteiger partial charge in [0.2, 0.25) is 0 Å². The third kappa shape index (κ3) is 7.87. The van der Waals surface area contributed by atoms with E-state index in [0.29, 0.717) is 5.75 Å². The third-order valence-corrected chi connectivity index (χ3v) is 13.2. The van der Waals surface area contributed by atoms with Gasteiger partial charge in [-0.25, -0.2) is 14.8 Å². The summed E-state index contributed by atoms with van der Waals surface area (Å²) in [6.45, 7) is 0.0571. The number of rotatable bonds is 10. The number of esters is 1. The number of methoxy groups -OCH3 is 3. The molecule has 344 valence electrons. The van der Waals surface area contributed by atoms with Crippen LogP contribution in [0.25, 0.3) is 113 Å². The van der Waals surface area contributed by atoms with Crippen molar-refractivity contribution in [1.82, 2.24) is 24.5 Å². The van der Waals surface area contributed by atoms with E-state index in [9.17, 15) is 4.79 Å². The number of benzene rings is 6. The molecular formula is C61H45N5O5. The number of H-pyrrole nitrogens is 2. The van der Waals surface area contributed by atoms with Crippen LogP contribution in [0.15, 0.2) is 170 Å². The maximum atomic E-state index is 13.7. The first-order valence-corrected chi connectivity index (χ1v) is 23.3. The first-order chi connectivity index (χ1) is 34.9. The van der Waals surface area contributed by atoms with Crippen molar-refractivity contribution in [2.24, 2.45) is 0 Å². The topological polar surface area (TPSA) is 116 Å². The molecule has 0 saturated carbocycles. The summed E-state index contributed by atoms with van der Waals surface area (Å²) < 4.78 is 24.8. The number of ether oxygens (including phenoxy) is 4. The van der Waals surface area contributed by atoms with Gasteiger partial charge in [0.25, 0.3) is 0 Å². The first-order valence-electron chi connectivity index (χ1n) is 23.3. The normalized spacial score (nSPS) is 11.9. The maximum Gasteiger partial charge on any atom is 0.331 e. The molecule has 0 atom stereocenters. The van der Waals surface area contributed by atoms with Crippen molar-refractivity contribution < 1.29 is 23.7 Å². The van der Waals surface area contributed by atoms with Crippen LogP contribution >= 0.6 is 0 Å². The second-order valence-electron chi connectivity index (χ2n) is 17.3. The predicted octanol–water partition coefficient (Wildman–Crippen LogP) is 14.1. The van der Waals surface area contributed by atoms with Crippen LogP contribution in [0.1, 0.15) is 22.8 Å². The predicted molar refractivity (Wildman–Crippen MR) is 285 cm³/mol. The number of carbonyl (C=O) groups excluding carboxylic acids is 1. The van der Waals surface area contributed by atoms with Crippen molar-refractivity contribution in [2.45, 2.75) is 6.54 Å². The van der Waals surface area contributed by atoms with Gasteiger partial charge in [-0.05, 0) is 131 Å². The van der Waals surface area contributed by atoms with Crippen LogP contribution in [0.4, 0.5) is 0 Å². The molecule has 10 heteroatoms. The van der Waals surface area contributed by atoms with E-state index >= 15 is 0 Å². The first kappa shape index (κ1) is 42.9. The van der Waals surface area contributed by atoms with Crippen molar-refractivity contribution in [1.29, 1.82) is 0 Å². The second-order valence-corrected chi connectivity index (χ2v) is 17.3. The molecule has 2 N–H and O–H groups in total. The third-order valence-electron chi connectivity index (χ3n) is 13.2. The molecule has 8 bridgehead atoms. The molecule has 71 heavy (non-hydrogen) atoms. The zero-order valence-corrected chi connectivity index (χ0v) is 39.1. The second kappa shape index (κ2) is 17.9. The lowest BCUT2D eigenvalue weighted by Gasteiger charge is -2.10. The monoisotopic (exact) mass is 927 g/mol. The fourth-order valence-electron chi connectivity index (χ4n) is 9.85. The summed E-state index contributed by atoms with van der Waals surface area (Å²) in [6, 6.07) is 56.4. The average molecular weight is 928 g/mol. The van der Waals surface area contributed by atoms with Gasteiger partial charge < -0.3 is 33.5 Å². The van der Waals surface area contributed by atoms with E-state index in [0.717, 1.165) is 128 Å². The van der Waals surface area contributed by atoms with E-state index in [1.165, 1.54) is 0 Å². The Balaban J connectivity index is 1.06. The molecule has 2 aliphatic heterocycles. The summed E-state index contributed by atoms with van der Waals surface area (Å²) in [5.41, 5.74) is 15.9. The Bertz CT molecular complexity index is 3840. The number of hydrogen-bond acceptors (Lipinski definition) is 7. The highest BCUT2D eigenvalue weighted by atomic mass is 16.5. The zero-order chi connectivity index (χ0) is 48.0. The van der Waals surface area contributed by atoms with Crippen molar-refractivity contribution in [2.75, 3.05) is 21.3 Å². The largest absolute Gasteiger partial charge is 0.497 e. The van der Waals surface area contributed by atoms with Crippen LogP contribution in [0.5, 0.6) is 23.0 Å². The fourth-order valence-corrected chi connectivity index (χ4v) is 9.85. The van der Waals surface area contributed by atoms with Crippen LogP contribution < -0.4 is 18.9 Å². The number of para-hydroxylation sites is 2. The Morgan fingerprint density at radius 3 is 1.04 bits per heavy atom. The molecule has 0 unspecified atom stereocenters. The van der Waals surface area contributed by atoms with Gasteiger partial charge in [0, 0.05) is 66.1 Å². The molecule has 6 heterocycles. The lowest BCUT2D eigenvalue weighted by molar-refractivity contribution is -0.134. The van der Waals surface area contributed by atoms with Crippen LogP contribution in [0.2, 0.25) is 0 Å². The van der Waals surface area contributed by atoms with E-state index in [-0.39, 0.29) is 12.5 Å². The fraction of sp³-hybridized carbons (Fsp3) is 0.0656. The quantitative estimate of drug-likeness (QED) is 0.104.